The van der Waals surface area contributed by atoms with E-state index in [0.717, 1.165) is 29.9 Å². The third-order valence-corrected chi connectivity index (χ3v) is 4.06. The van der Waals surface area contributed by atoms with E-state index in [0.29, 0.717) is 6.61 Å². The van der Waals surface area contributed by atoms with E-state index in [9.17, 15) is 0 Å². The molecule has 1 aliphatic heterocycles. The molecule has 21 heavy (non-hydrogen) atoms. The zero-order valence-corrected chi connectivity index (χ0v) is 13.6. The SMILES string of the molecule is CNCCc1c[nH]c(=S)n1C1COc2ccccc2C1.Cl. The lowest BCUT2D eigenvalue weighted by molar-refractivity contribution is 0.220. The van der Waals surface area contributed by atoms with Crippen LogP contribution in [-0.4, -0.2) is 29.8 Å². The van der Waals surface area contributed by atoms with Crippen molar-refractivity contribution >= 4 is 24.6 Å². The van der Waals surface area contributed by atoms with Crippen molar-refractivity contribution in [1.29, 1.82) is 0 Å². The summed E-state index contributed by atoms with van der Waals surface area (Å²) in [7, 11) is 1.96. The molecule has 0 radical (unpaired) electrons. The van der Waals surface area contributed by atoms with Crippen LogP contribution in [-0.2, 0) is 12.8 Å². The molecule has 2 N–H and O–H groups in total. The molecular formula is C15H20ClN3OS. The van der Waals surface area contributed by atoms with E-state index in [4.69, 9.17) is 17.0 Å². The zero-order chi connectivity index (χ0) is 13.9. The molecular weight excluding hydrogens is 306 g/mol. The Balaban J connectivity index is 0.00000161. The van der Waals surface area contributed by atoms with Gasteiger partial charge in [-0.3, -0.25) is 0 Å². The van der Waals surface area contributed by atoms with Gasteiger partial charge in [0.15, 0.2) is 4.77 Å². The van der Waals surface area contributed by atoms with Gasteiger partial charge in [-0.2, -0.15) is 0 Å². The fourth-order valence-electron chi connectivity index (χ4n) is 2.74. The number of aromatic nitrogens is 2. The van der Waals surface area contributed by atoms with E-state index in [1.165, 1.54) is 11.3 Å². The number of para-hydroxylation sites is 1. The first-order valence-electron chi connectivity index (χ1n) is 6.93. The monoisotopic (exact) mass is 325 g/mol. The van der Waals surface area contributed by atoms with Crippen LogP contribution in [0.3, 0.4) is 0 Å². The first-order chi connectivity index (χ1) is 9.79. The molecule has 2 aromatic rings. The van der Waals surface area contributed by atoms with Gasteiger partial charge in [0.25, 0.3) is 0 Å². The number of nitrogens with zero attached hydrogens (tertiary/aromatic N) is 1. The minimum atomic E-state index is 0. The lowest BCUT2D eigenvalue weighted by Crippen LogP contribution is -2.26. The van der Waals surface area contributed by atoms with Gasteiger partial charge in [-0.1, -0.05) is 18.2 Å². The molecule has 1 aliphatic rings. The summed E-state index contributed by atoms with van der Waals surface area (Å²) < 4.78 is 8.87. The number of ether oxygens (including phenoxy) is 1. The Morgan fingerprint density at radius 1 is 1.43 bits per heavy atom. The van der Waals surface area contributed by atoms with E-state index >= 15 is 0 Å². The molecule has 2 heterocycles. The van der Waals surface area contributed by atoms with Crippen LogP contribution in [0.15, 0.2) is 30.5 Å². The minimum absolute atomic E-state index is 0. The molecule has 0 saturated heterocycles. The molecule has 0 saturated carbocycles. The highest BCUT2D eigenvalue weighted by Gasteiger charge is 2.23. The number of halogens is 1. The lowest BCUT2D eigenvalue weighted by atomic mass is 10.0. The molecule has 0 bridgehead atoms. The summed E-state index contributed by atoms with van der Waals surface area (Å²) in [5.41, 5.74) is 2.49. The number of fused-ring (bicyclic) bond motifs is 1. The van der Waals surface area contributed by atoms with Crippen molar-refractivity contribution in [3.63, 3.8) is 0 Å². The maximum absolute atomic E-state index is 5.88. The fraction of sp³-hybridized carbons (Fsp3) is 0.400. The van der Waals surface area contributed by atoms with Gasteiger partial charge in [0, 0.05) is 31.3 Å². The standard InChI is InChI=1S/C15H19N3OS.ClH/c1-16-7-6-12-9-17-15(20)18(12)13-8-11-4-2-3-5-14(11)19-10-13;/h2-5,9,13,16H,6-8,10H2,1H3,(H,17,20);1H. The highest BCUT2D eigenvalue weighted by molar-refractivity contribution is 7.71. The molecule has 0 fully saturated rings. The predicted octanol–water partition coefficient (Wildman–Crippen LogP) is 2.91. The Morgan fingerprint density at radius 3 is 3.05 bits per heavy atom. The second-order valence-corrected chi connectivity index (χ2v) is 5.47. The van der Waals surface area contributed by atoms with Gasteiger partial charge >= 0.3 is 0 Å². The van der Waals surface area contributed by atoms with Crippen molar-refractivity contribution < 1.29 is 4.74 Å². The van der Waals surface area contributed by atoms with Gasteiger partial charge in [-0.05, 0) is 30.9 Å². The second-order valence-electron chi connectivity index (χ2n) is 5.09. The van der Waals surface area contributed by atoms with Crippen LogP contribution in [0.4, 0.5) is 0 Å². The van der Waals surface area contributed by atoms with Gasteiger partial charge in [0.2, 0.25) is 0 Å². The number of nitrogens with one attached hydrogen (secondary N) is 2. The molecule has 1 atom stereocenters. The smallest absolute Gasteiger partial charge is 0.177 e. The largest absolute Gasteiger partial charge is 0.491 e. The zero-order valence-electron chi connectivity index (χ0n) is 12.0. The highest BCUT2D eigenvalue weighted by Crippen LogP contribution is 2.30. The van der Waals surface area contributed by atoms with Crippen molar-refractivity contribution in [2.45, 2.75) is 18.9 Å². The molecule has 1 unspecified atom stereocenters. The Kier molecular flexibility index (Phi) is 5.45. The maximum Gasteiger partial charge on any atom is 0.177 e. The normalized spacial score (nSPS) is 16.7. The fourth-order valence-corrected chi connectivity index (χ4v) is 3.06. The third-order valence-electron chi connectivity index (χ3n) is 3.75. The van der Waals surface area contributed by atoms with Crippen molar-refractivity contribution in [3.8, 4) is 5.75 Å². The molecule has 114 valence electrons. The van der Waals surface area contributed by atoms with Crippen LogP contribution in [0.5, 0.6) is 5.75 Å². The van der Waals surface area contributed by atoms with Crippen LogP contribution >= 0.6 is 24.6 Å². The highest BCUT2D eigenvalue weighted by atomic mass is 35.5. The maximum atomic E-state index is 5.88. The summed E-state index contributed by atoms with van der Waals surface area (Å²) in [5.74, 6) is 1.00. The number of hydrogen-bond donors (Lipinski definition) is 2. The molecule has 0 amide bonds. The van der Waals surface area contributed by atoms with E-state index in [1.807, 2.05) is 25.4 Å². The van der Waals surface area contributed by atoms with Crippen molar-refractivity contribution in [3.05, 3.63) is 46.5 Å². The van der Waals surface area contributed by atoms with Gasteiger partial charge in [0.1, 0.15) is 12.4 Å². The summed E-state index contributed by atoms with van der Waals surface area (Å²) in [6.07, 6.45) is 3.94. The lowest BCUT2D eigenvalue weighted by Gasteiger charge is -2.27. The van der Waals surface area contributed by atoms with E-state index in [2.05, 4.69) is 27.0 Å². The number of imidazole rings is 1. The number of rotatable bonds is 4. The number of likely N-dealkylation sites (N-methyl/N-ethyl adjacent to an activating group) is 1. The average Bonchev–Trinajstić information content (AvgIpc) is 2.85. The molecule has 1 aromatic carbocycles. The van der Waals surface area contributed by atoms with Crippen molar-refractivity contribution in [2.75, 3.05) is 20.2 Å². The van der Waals surface area contributed by atoms with Crippen LogP contribution in [0, 0.1) is 4.77 Å². The van der Waals surface area contributed by atoms with Crippen LogP contribution in [0.25, 0.3) is 0 Å². The summed E-state index contributed by atoms with van der Waals surface area (Å²) in [5, 5.41) is 3.18. The molecule has 1 aromatic heterocycles. The quantitative estimate of drug-likeness (QED) is 0.849. The van der Waals surface area contributed by atoms with Gasteiger partial charge in [0.05, 0.1) is 6.04 Å². The number of hydrogen-bond acceptors (Lipinski definition) is 3. The summed E-state index contributed by atoms with van der Waals surface area (Å²) >= 11 is 5.43. The minimum Gasteiger partial charge on any atom is -0.491 e. The molecule has 3 rings (SSSR count). The van der Waals surface area contributed by atoms with Gasteiger partial charge in [-0.15, -0.1) is 12.4 Å². The molecule has 6 heteroatoms. The average molecular weight is 326 g/mol. The third kappa shape index (κ3) is 3.31. The van der Waals surface area contributed by atoms with E-state index in [1.54, 1.807) is 0 Å². The Bertz CT molecular complexity index is 652. The molecule has 0 aliphatic carbocycles. The summed E-state index contributed by atoms with van der Waals surface area (Å²) in [6, 6.07) is 8.51. The first kappa shape index (κ1) is 16.1. The van der Waals surface area contributed by atoms with E-state index in [-0.39, 0.29) is 18.4 Å². The second kappa shape index (κ2) is 7.11. The van der Waals surface area contributed by atoms with Crippen molar-refractivity contribution in [2.24, 2.45) is 0 Å². The van der Waals surface area contributed by atoms with Gasteiger partial charge < -0.3 is 19.6 Å². The van der Waals surface area contributed by atoms with Crippen LogP contribution in [0.2, 0.25) is 0 Å². The Labute approximate surface area is 135 Å². The summed E-state index contributed by atoms with van der Waals surface area (Å²) in [4.78, 5) is 3.16. The first-order valence-corrected chi connectivity index (χ1v) is 7.34. The van der Waals surface area contributed by atoms with Crippen LogP contribution in [0.1, 0.15) is 17.3 Å². The topological polar surface area (TPSA) is 42.0 Å². The van der Waals surface area contributed by atoms with Crippen LogP contribution < -0.4 is 10.1 Å². The summed E-state index contributed by atoms with van der Waals surface area (Å²) in [6.45, 7) is 1.62. The number of H-pyrrole nitrogens is 1. The van der Waals surface area contributed by atoms with E-state index < -0.39 is 0 Å². The van der Waals surface area contributed by atoms with Crippen molar-refractivity contribution in [1.82, 2.24) is 14.9 Å². The Hall–Kier alpha value is -1.30. The number of benzene rings is 1. The predicted molar refractivity (Wildman–Crippen MR) is 89.2 cm³/mol. The Morgan fingerprint density at radius 2 is 2.24 bits per heavy atom. The number of aromatic amines is 1. The molecule has 4 nitrogen and oxygen atoms in total. The molecule has 0 spiro atoms. The van der Waals surface area contributed by atoms with Gasteiger partial charge in [-0.25, -0.2) is 0 Å².